The number of hydrazine groups is 1. The number of nitrogens with zero attached hydrogens (tertiary/aromatic N) is 3. The minimum atomic E-state index is -0.337. The van der Waals surface area contributed by atoms with Crippen molar-refractivity contribution < 1.29 is 4.92 Å². The molecule has 2 rings (SSSR count). The van der Waals surface area contributed by atoms with Crippen LogP contribution in [0.15, 0.2) is 18.2 Å². The van der Waals surface area contributed by atoms with Crippen molar-refractivity contribution in [3.63, 3.8) is 0 Å². The molecule has 0 saturated carbocycles. The van der Waals surface area contributed by atoms with Crippen molar-refractivity contribution in [2.75, 3.05) is 50.5 Å². The molecule has 7 nitrogen and oxygen atoms in total. The molecule has 1 aromatic carbocycles. The molecular formula is C13H21N5O2. The maximum atomic E-state index is 11.3. The van der Waals surface area contributed by atoms with Crippen LogP contribution in [-0.2, 0) is 0 Å². The molecule has 0 bridgehead atoms. The largest absolute Gasteiger partial charge is 0.380 e. The molecule has 20 heavy (non-hydrogen) atoms. The summed E-state index contributed by atoms with van der Waals surface area (Å²) in [7, 11) is 2.07. The van der Waals surface area contributed by atoms with Crippen LogP contribution in [0, 0.1) is 10.1 Å². The fourth-order valence-corrected chi connectivity index (χ4v) is 2.25. The average molecular weight is 279 g/mol. The number of hydrogen-bond donors (Lipinski definition) is 2. The highest BCUT2D eigenvalue weighted by Crippen LogP contribution is 2.33. The SMILES string of the molecule is CCNc1cccc(NN2CCN(C)CC2)c1[N+](=O)[O-]. The summed E-state index contributed by atoms with van der Waals surface area (Å²) in [6, 6.07) is 5.30. The average Bonchev–Trinajstić information content (AvgIpc) is 2.41. The molecular weight excluding hydrogens is 258 g/mol. The molecule has 1 aliphatic rings. The Balaban J connectivity index is 2.18. The van der Waals surface area contributed by atoms with Crippen molar-refractivity contribution in [2.24, 2.45) is 0 Å². The first kappa shape index (κ1) is 14.5. The van der Waals surface area contributed by atoms with Crippen molar-refractivity contribution >= 4 is 17.1 Å². The lowest BCUT2D eigenvalue weighted by Gasteiger charge is -2.33. The molecule has 0 unspecified atom stereocenters. The molecule has 1 fully saturated rings. The van der Waals surface area contributed by atoms with Crippen LogP contribution < -0.4 is 10.7 Å². The van der Waals surface area contributed by atoms with Crippen LogP contribution in [0.3, 0.4) is 0 Å². The first-order valence-electron chi connectivity index (χ1n) is 6.83. The highest BCUT2D eigenvalue weighted by atomic mass is 16.6. The van der Waals surface area contributed by atoms with Crippen LogP contribution in [-0.4, -0.2) is 54.6 Å². The summed E-state index contributed by atoms with van der Waals surface area (Å²) in [6.45, 7) is 6.17. The molecule has 1 aliphatic heterocycles. The lowest BCUT2D eigenvalue weighted by atomic mass is 10.2. The summed E-state index contributed by atoms with van der Waals surface area (Å²) in [5, 5.41) is 16.4. The molecule has 0 spiro atoms. The van der Waals surface area contributed by atoms with Crippen molar-refractivity contribution in [1.29, 1.82) is 0 Å². The van der Waals surface area contributed by atoms with Gasteiger partial charge in [-0.1, -0.05) is 6.07 Å². The first-order chi connectivity index (χ1) is 9.61. The summed E-state index contributed by atoms with van der Waals surface area (Å²) >= 11 is 0. The van der Waals surface area contributed by atoms with Gasteiger partial charge in [0.05, 0.1) is 4.92 Å². The smallest absolute Gasteiger partial charge is 0.316 e. The summed E-state index contributed by atoms with van der Waals surface area (Å²) in [5.74, 6) is 0. The third-order valence-corrected chi connectivity index (χ3v) is 3.37. The Labute approximate surface area is 118 Å². The summed E-state index contributed by atoms with van der Waals surface area (Å²) in [5.41, 5.74) is 4.37. The van der Waals surface area contributed by atoms with Gasteiger partial charge in [0.25, 0.3) is 0 Å². The van der Waals surface area contributed by atoms with Crippen molar-refractivity contribution in [3.05, 3.63) is 28.3 Å². The summed E-state index contributed by atoms with van der Waals surface area (Å²) in [4.78, 5) is 13.2. The fourth-order valence-electron chi connectivity index (χ4n) is 2.25. The number of piperazine rings is 1. The molecule has 1 saturated heterocycles. The molecule has 110 valence electrons. The van der Waals surface area contributed by atoms with Gasteiger partial charge in [-0.3, -0.25) is 10.1 Å². The second-order valence-corrected chi connectivity index (χ2v) is 4.89. The molecule has 0 radical (unpaired) electrons. The van der Waals surface area contributed by atoms with Gasteiger partial charge in [0.15, 0.2) is 0 Å². The van der Waals surface area contributed by atoms with E-state index < -0.39 is 0 Å². The Kier molecular flexibility index (Phi) is 4.75. The van der Waals surface area contributed by atoms with Crippen LogP contribution in [0.5, 0.6) is 0 Å². The number of rotatable bonds is 5. The van der Waals surface area contributed by atoms with Gasteiger partial charge in [-0.05, 0) is 26.1 Å². The van der Waals surface area contributed by atoms with E-state index in [2.05, 4.69) is 22.7 Å². The molecule has 7 heteroatoms. The molecule has 0 atom stereocenters. The zero-order valence-electron chi connectivity index (χ0n) is 11.9. The monoisotopic (exact) mass is 279 g/mol. The predicted octanol–water partition coefficient (Wildman–Crippen LogP) is 1.60. The van der Waals surface area contributed by atoms with E-state index in [0.717, 1.165) is 26.2 Å². The van der Waals surface area contributed by atoms with Gasteiger partial charge in [0.2, 0.25) is 0 Å². The Hall–Kier alpha value is -1.86. The predicted molar refractivity (Wildman–Crippen MR) is 80.0 cm³/mol. The summed E-state index contributed by atoms with van der Waals surface area (Å²) in [6.07, 6.45) is 0. The first-order valence-corrected chi connectivity index (χ1v) is 6.83. The number of benzene rings is 1. The van der Waals surface area contributed by atoms with Gasteiger partial charge in [0.1, 0.15) is 11.4 Å². The van der Waals surface area contributed by atoms with E-state index >= 15 is 0 Å². The van der Waals surface area contributed by atoms with Crippen molar-refractivity contribution in [3.8, 4) is 0 Å². The Bertz CT molecular complexity index is 472. The fraction of sp³-hybridized carbons (Fsp3) is 0.538. The van der Waals surface area contributed by atoms with Gasteiger partial charge in [-0.25, -0.2) is 5.01 Å². The van der Waals surface area contributed by atoms with Gasteiger partial charge in [-0.15, -0.1) is 0 Å². The lowest BCUT2D eigenvalue weighted by Crippen LogP contribution is -2.47. The number of nitro benzene ring substituents is 1. The summed E-state index contributed by atoms with van der Waals surface area (Å²) < 4.78 is 0. The van der Waals surface area contributed by atoms with E-state index in [1.54, 1.807) is 12.1 Å². The Morgan fingerprint density at radius 1 is 1.25 bits per heavy atom. The van der Waals surface area contributed by atoms with Crippen LogP contribution in [0.4, 0.5) is 17.1 Å². The van der Waals surface area contributed by atoms with Gasteiger partial charge in [-0.2, -0.15) is 0 Å². The molecule has 0 aliphatic carbocycles. The van der Waals surface area contributed by atoms with Crippen molar-refractivity contribution in [1.82, 2.24) is 9.91 Å². The third kappa shape index (κ3) is 3.37. The Morgan fingerprint density at radius 2 is 1.90 bits per heavy atom. The van der Waals surface area contributed by atoms with E-state index in [0.29, 0.717) is 17.9 Å². The highest BCUT2D eigenvalue weighted by Gasteiger charge is 2.22. The van der Waals surface area contributed by atoms with Crippen LogP contribution in [0.2, 0.25) is 0 Å². The molecule has 1 aromatic rings. The quantitative estimate of drug-likeness (QED) is 0.630. The molecule has 1 heterocycles. The lowest BCUT2D eigenvalue weighted by molar-refractivity contribution is -0.383. The molecule has 0 amide bonds. The van der Waals surface area contributed by atoms with E-state index in [9.17, 15) is 10.1 Å². The number of likely N-dealkylation sites (N-methyl/N-ethyl adjacent to an activating group) is 1. The van der Waals surface area contributed by atoms with Gasteiger partial charge >= 0.3 is 5.69 Å². The van der Waals surface area contributed by atoms with Crippen LogP contribution >= 0.6 is 0 Å². The third-order valence-electron chi connectivity index (χ3n) is 3.37. The minimum Gasteiger partial charge on any atom is -0.380 e. The second-order valence-electron chi connectivity index (χ2n) is 4.89. The second kappa shape index (κ2) is 6.53. The van der Waals surface area contributed by atoms with Crippen molar-refractivity contribution in [2.45, 2.75) is 6.92 Å². The number of anilines is 2. The van der Waals surface area contributed by atoms with E-state index in [4.69, 9.17) is 0 Å². The Morgan fingerprint density at radius 3 is 2.50 bits per heavy atom. The maximum absolute atomic E-state index is 11.3. The van der Waals surface area contributed by atoms with Crippen LogP contribution in [0.25, 0.3) is 0 Å². The topological polar surface area (TPSA) is 73.7 Å². The van der Waals surface area contributed by atoms with E-state index in [-0.39, 0.29) is 10.6 Å². The van der Waals surface area contributed by atoms with Crippen LogP contribution in [0.1, 0.15) is 6.92 Å². The molecule has 0 aromatic heterocycles. The number of para-hydroxylation sites is 1. The van der Waals surface area contributed by atoms with E-state index in [1.807, 2.05) is 18.0 Å². The molecule has 2 N–H and O–H groups in total. The number of nitrogens with one attached hydrogen (secondary N) is 2. The number of hydrogen-bond acceptors (Lipinski definition) is 6. The zero-order chi connectivity index (χ0) is 14.5. The maximum Gasteiger partial charge on any atom is 0.316 e. The normalized spacial score (nSPS) is 16.9. The standard InChI is InChI=1S/C13H21N5O2/c1-3-14-11-5-4-6-12(13(11)18(19)20)15-17-9-7-16(2)8-10-17/h4-6,14-15H,3,7-10H2,1-2H3. The van der Waals surface area contributed by atoms with E-state index in [1.165, 1.54) is 0 Å². The van der Waals surface area contributed by atoms with Gasteiger partial charge in [0, 0.05) is 32.7 Å². The number of nitro groups is 1. The highest BCUT2D eigenvalue weighted by molar-refractivity contribution is 5.75. The minimum absolute atomic E-state index is 0.105. The zero-order valence-corrected chi connectivity index (χ0v) is 11.9. The van der Waals surface area contributed by atoms with Gasteiger partial charge < -0.3 is 15.6 Å².